The van der Waals surface area contributed by atoms with E-state index < -0.39 is 0 Å². The Balaban J connectivity index is 1.42. The second kappa shape index (κ2) is 9.51. The third-order valence-electron chi connectivity index (χ3n) is 6.85. The predicted octanol–water partition coefficient (Wildman–Crippen LogP) is 4.28. The predicted molar refractivity (Wildman–Crippen MR) is 122 cm³/mol. The Morgan fingerprint density at radius 2 is 1.80 bits per heavy atom. The number of nitrogens with zero attached hydrogens (tertiary/aromatic N) is 1. The third kappa shape index (κ3) is 6.31. The van der Waals surface area contributed by atoms with Gasteiger partial charge in [-0.15, -0.1) is 0 Å². The Morgan fingerprint density at radius 3 is 2.43 bits per heavy atom. The van der Waals surface area contributed by atoms with Crippen LogP contribution in [0, 0.1) is 31.1 Å². The van der Waals surface area contributed by atoms with Crippen molar-refractivity contribution in [3.8, 4) is 0 Å². The maximum absolute atomic E-state index is 12.8. The van der Waals surface area contributed by atoms with Crippen LogP contribution in [0.4, 0.5) is 5.69 Å². The van der Waals surface area contributed by atoms with Gasteiger partial charge in [-0.3, -0.25) is 14.5 Å². The molecule has 0 spiro atoms. The molecule has 2 aliphatic rings. The number of likely N-dealkylation sites (tertiary alicyclic amines) is 1. The first-order chi connectivity index (χ1) is 14.1. The van der Waals surface area contributed by atoms with Crippen molar-refractivity contribution in [2.75, 3.05) is 25.0 Å². The molecular formula is C25H39N3O2. The zero-order valence-corrected chi connectivity index (χ0v) is 19.4. The molecule has 30 heavy (non-hydrogen) atoms. The van der Waals surface area contributed by atoms with Crippen LogP contribution in [0.5, 0.6) is 0 Å². The third-order valence-corrected chi connectivity index (χ3v) is 6.85. The van der Waals surface area contributed by atoms with Crippen LogP contribution in [0.25, 0.3) is 0 Å². The van der Waals surface area contributed by atoms with Crippen LogP contribution < -0.4 is 10.6 Å². The molecule has 1 aromatic carbocycles. The van der Waals surface area contributed by atoms with Gasteiger partial charge < -0.3 is 10.6 Å². The average molecular weight is 414 g/mol. The van der Waals surface area contributed by atoms with Crippen LogP contribution in [0.15, 0.2) is 18.2 Å². The number of carbonyl (C=O) groups is 2. The maximum Gasteiger partial charge on any atom is 0.238 e. The molecule has 5 heteroatoms. The normalized spacial score (nSPS) is 25.0. The van der Waals surface area contributed by atoms with Crippen LogP contribution in [0.1, 0.15) is 64.0 Å². The molecule has 1 saturated carbocycles. The first-order valence-electron chi connectivity index (χ1n) is 11.5. The lowest BCUT2D eigenvalue weighted by Gasteiger charge is -2.40. The van der Waals surface area contributed by atoms with Crippen molar-refractivity contribution in [2.24, 2.45) is 17.3 Å². The fraction of sp³-hybridized carbons (Fsp3) is 0.680. The van der Waals surface area contributed by atoms with Gasteiger partial charge in [-0.25, -0.2) is 0 Å². The van der Waals surface area contributed by atoms with Crippen molar-refractivity contribution in [1.82, 2.24) is 10.2 Å². The first kappa shape index (κ1) is 22.8. The van der Waals surface area contributed by atoms with E-state index in [1.54, 1.807) is 0 Å². The van der Waals surface area contributed by atoms with Gasteiger partial charge in [0, 0.05) is 17.6 Å². The number of benzene rings is 1. The molecule has 2 unspecified atom stereocenters. The summed E-state index contributed by atoms with van der Waals surface area (Å²) in [6.45, 7) is 13.0. The van der Waals surface area contributed by atoms with E-state index in [0.717, 1.165) is 44.5 Å². The topological polar surface area (TPSA) is 61.4 Å². The van der Waals surface area contributed by atoms with Crippen LogP contribution in [0.3, 0.4) is 0 Å². The molecule has 2 amide bonds. The van der Waals surface area contributed by atoms with Crippen LogP contribution in [0.2, 0.25) is 0 Å². The lowest BCUT2D eigenvalue weighted by Crippen LogP contribution is -2.48. The summed E-state index contributed by atoms with van der Waals surface area (Å²) >= 11 is 0. The number of piperidine rings is 1. The minimum atomic E-state index is 0.0135. The first-order valence-corrected chi connectivity index (χ1v) is 11.5. The SMILES string of the molecule is Cc1ccc(NC(=O)CN2CCC(C(=O)NC3CC(C)CC(C)(C)C3)CC2)cc1C. The summed E-state index contributed by atoms with van der Waals surface area (Å²) in [4.78, 5) is 27.4. The van der Waals surface area contributed by atoms with Crippen LogP contribution >= 0.6 is 0 Å². The minimum absolute atomic E-state index is 0.0135. The highest BCUT2D eigenvalue weighted by Gasteiger charge is 2.34. The largest absolute Gasteiger partial charge is 0.353 e. The molecule has 1 heterocycles. The van der Waals surface area contributed by atoms with E-state index in [0.29, 0.717) is 23.9 Å². The number of anilines is 1. The Labute approximate surface area is 182 Å². The molecule has 5 nitrogen and oxygen atoms in total. The monoisotopic (exact) mass is 413 g/mol. The Morgan fingerprint density at radius 1 is 1.10 bits per heavy atom. The average Bonchev–Trinajstić information content (AvgIpc) is 2.63. The van der Waals surface area contributed by atoms with E-state index in [4.69, 9.17) is 0 Å². The van der Waals surface area contributed by atoms with Gasteiger partial charge in [-0.05, 0) is 93.6 Å². The summed E-state index contributed by atoms with van der Waals surface area (Å²) in [5, 5.41) is 6.33. The molecule has 2 fully saturated rings. The zero-order valence-electron chi connectivity index (χ0n) is 19.4. The second-order valence-electron chi connectivity index (χ2n) is 10.5. The number of nitrogens with one attached hydrogen (secondary N) is 2. The molecule has 2 atom stereocenters. The fourth-order valence-electron chi connectivity index (χ4n) is 5.35. The maximum atomic E-state index is 12.8. The molecule has 1 saturated heterocycles. The fourth-order valence-corrected chi connectivity index (χ4v) is 5.35. The van der Waals surface area contributed by atoms with E-state index in [9.17, 15) is 9.59 Å². The number of carbonyl (C=O) groups excluding carboxylic acids is 2. The Bertz CT molecular complexity index is 766. The van der Waals surface area contributed by atoms with Gasteiger partial charge in [-0.2, -0.15) is 0 Å². The van der Waals surface area contributed by atoms with Crippen molar-refractivity contribution in [2.45, 2.75) is 72.8 Å². The highest BCUT2D eigenvalue weighted by molar-refractivity contribution is 5.92. The molecule has 3 rings (SSSR count). The summed E-state index contributed by atoms with van der Waals surface area (Å²) in [6.07, 6.45) is 5.05. The van der Waals surface area contributed by atoms with Gasteiger partial charge in [0.05, 0.1) is 6.54 Å². The summed E-state index contributed by atoms with van der Waals surface area (Å²) in [7, 11) is 0. The van der Waals surface area contributed by atoms with Crippen molar-refractivity contribution in [3.63, 3.8) is 0 Å². The lowest BCUT2D eigenvalue weighted by molar-refractivity contribution is -0.127. The number of hydrogen-bond acceptors (Lipinski definition) is 3. The Kier molecular flexibility index (Phi) is 7.22. The van der Waals surface area contributed by atoms with Gasteiger partial charge in [0.1, 0.15) is 0 Å². The molecule has 0 radical (unpaired) electrons. The van der Waals surface area contributed by atoms with Crippen molar-refractivity contribution in [1.29, 1.82) is 0 Å². The zero-order chi connectivity index (χ0) is 21.9. The Hall–Kier alpha value is -1.88. The summed E-state index contributed by atoms with van der Waals surface area (Å²) < 4.78 is 0. The molecule has 0 bridgehead atoms. The molecule has 1 aromatic rings. The minimum Gasteiger partial charge on any atom is -0.353 e. The van der Waals surface area contributed by atoms with E-state index in [2.05, 4.69) is 50.2 Å². The summed E-state index contributed by atoms with van der Waals surface area (Å²) in [5.41, 5.74) is 3.56. The van der Waals surface area contributed by atoms with Gasteiger partial charge in [-0.1, -0.05) is 26.8 Å². The number of hydrogen-bond donors (Lipinski definition) is 2. The van der Waals surface area contributed by atoms with E-state index in [1.165, 1.54) is 17.5 Å². The molecule has 166 valence electrons. The van der Waals surface area contributed by atoms with Gasteiger partial charge in [0.2, 0.25) is 11.8 Å². The number of rotatable bonds is 5. The lowest BCUT2D eigenvalue weighted by atomic mass is 9.70. The highest BCUT2D eigenvalue weighted by Crippen LogP contribution is 2.38. The van der Waals surface area contributed by atoms with Crippen molar-refractivity contribution < 1.29 is 9.59 Å². The van der Waals surface area contributed by atoms with Crippen LogP contribution in [-0.2, 0) is 9.59 Å². The second-order valence-corrected chi connectivity index (χ2v) is 10.5. The summed E-state index contributed by atoms with van der Waals surface area (Å²) in [6, 6.07) is 6.29. The quantitative estimate of drug-likeness (QED) is 0.757. The summed E-state index contributed by atoms with van der Waals surface area (Å²) in [5.74, 6) is 0.963. The van der Waals surface area contributed by atoms with Gasteiger partial charge in [0.25, 0.3) is 0 Å². The van der Waals surface area contributed by atoms with Crippen molar-refractivity contribution in [3.05, 3.63) is 29.3 Å². The molecular weight excluding hydrogens is 374 g/mol. The van der Waals surface area contributed by atoms with E-state index >= 15 is 0 Å². The smallest absolute Gasteiger partial charge is 0.238 e. The molecule has 1 aliphatic carbocycles. The van der Waals surface area contributed by atoms with Crippen molar-refractivity contribution >= 4 is 17.5 Å². The molecule has 0 aromatic heterocycles. The molecule has 1 aliphatic heterocycles. The van der Waals surface area contributed by atoms with Gasteiger partial charge in [0.15, 0.2) is 0 Å². The van der Waals surface area contributed by atoms with Crippen LogP contribution in [-0.4, -0.2) is 42.4 Å². The standard InChI is InChI=1S/C25H39N3O2/c1-17-12-22(15-25(4,5)14-17)27-24(30)20-8-10-28(11-9-20)16-23(29)26-21-7-6-18(2)19(3)13-21/h6-7,13,17,20,22H,8-12,14-16H2,1-5H3,(H,26,29)(H,27,30). The van der Waals surface area contributed by atoms with E-state index in [1.807, 2.05) is 18.2 Å². The number of amides is 2. The number of aryl methyl sites for hydroxylation is 2. The molecule has 2 N–H and O–H groups in total. The highest BCUT2D eigenvalue weighted by atomic mass is 16.2. The van der Waals surface area contributed by atoms with Gasteiger partial charge >= 0.3 is 0 Å². The van der Waals surface area contributed by atoms with E-state index in [-0.39, 0.29) is 17.7 Å².